The van der Waals surface area contributed by atoms with Crippen LogP contribution in [-0.2, 0) is 0 Å². The fraction of sp³-hybridized carbons (Fsp3) is 0.417. The van der Waals surface area contributed by atoms with E-state index in [1.807, 2.05) is 35.7 Å². The molecule has 6 heteroatoms. The van der Waals surface area contributed by atoms with E-state index in [-0.39, 0.29) is 5.91 Å². The number of nitrogens with one attached hydrogen (secondary N) is 1. The van der Waals surface area contributed by atoms with Crippen LogP contribution in [0.5, 0.6) is 0 Å². The molecule has 1 fully saturated rings. The summed E-state index contributed by atoms with van der Waals surface area (Å²) in [5.74, 6) is 3.49. The summed E-state index contributed by atoms with van der Waals surface area (Å²) < 4.78 is 0.934. The minimum Gasteiger partial charge on any atom is -0.351 e. The molecule has 1 heterocycles. The Kier molecular flexibility index (Phi) is 5.79. The highest BCUT2D eigenvalue weighted by atomic mass is 79.9. The molecule has 0 saturated carbocycles. The van der Waals surface area contributed by atoms with E-state index in [1.54, 1.807) is 6.07 Å². The van der Waals surface area contributed by atoms with Crippen molar-refractivity contribution in [2.24, 2.45) is 0 Å². The van der Waals surface area contributed by atoms with Gasteiger partial charge in [0.1, 0.15) is 0 Å². The Morgan fingerprint density at radius 3 is 3.00 bits per heavy atom. The first-order chi connectivity index (χ1) is 8.66. The molecule has 1 aliphatic heterocycles. The van der Waals surface area contributed by atoms with Crippen molar-refractivity contribution in [3.05, 3.63) is 28.2 Å². The summed E-state index contributed by atoms with van der Waals surface area (Å²) in [6.07, 6.45) is 0. The van der Waals surface area contributed by atoms with E-state index in [0.29, 0.717) is 15.7 Å². The van der Waals surface area contributed by atoms with Crippen molar-refractivity contribution in [3.8, 4) is 0 Å². The zero-order valence-corrected chi connectivity index (χ0v) is 13.8. The fourth-order valence-corrected chi connectivity index (χ4v) is 5.12. The van der Waals surface area contributed by atoms with Crippen LogP contribution < -0.4 is 5.32 Å². The highest BCUT2D eigenvalue weighted by molar-refractivity contribution is 9.10. The maximum Gasteiger partial charge on any atom is 0.252 e. The number of rotatable bonds is 3. The summed E-state index contributed by atoms with van der Waals surface area (Å²) in [6, 6.07) is 5.49. The van der Waals surface area contributed by atoms with Crippen LogP contribution in [0.25, 0.3) is 0 Å². The third-order valence-electron chi connectivity index (χ3n) is 2.58. The quantitative estimate of drug-likeness (QED) is 0.807. The van der Waals surface area contributed by atoms with Gasteiger partial charge in [0.15, 0.2) is 0 Å². The normalized spacial score (nSPS) is 19.6. The molecule has 98 valence electrons. The highest BCUT2D eigenvalue weighted by Gasteiger charge is 2.16. The third kappa shape index (κ3) is 4.11. The molecule has 1 amide bonds. The van der Waals surface area contributed by atoms with E-state index in [4.69, 9.17) is 0 Å². The predicted octanol–water partition coefficient (Wildman–Crippen LogP) is 3.32. The minimum absolute atomic E-state index is 0.0383. The van der Waals surface area contributed by atoms with E-state index in [1.165, 1.54) is 11.5 Å². The van der Waals surface area contributed by atoms with Crippen molar-refractivity contribution in [3.63, 3.8) is 0 Å². The van der Waals surface area contributed by atoms with Crippen molar-refractivity contribution in [2.45, 2.75) is 10.1 Å². The first-order valence-corrected chi connectivity index (χ1v) is 9.07. The van der Waals surface area contributed by atoms with Crippen LogP contribution in [0.2, 0.25) is 0 Å². The van der Waals surface area contributed by atoms with Crippen molar-refractivity contribution < 1.29 is 4.79 Å². The van der Waals surface area contributed by atoms with Gasteiger partial charge in [-0.1, -0.05) is 15.9 Å². The minimum atomic E-state index is -0.0383. The molecule has 1 aliphatic rings. The number of amides is 1. The van der Waals surface area contributed by atoms with Gasteiger partial charge in [-0.3, -0.25) is 4.79 Å². The number of thioether (sulfide) groups is 2. The fourth-order valence-electron chi connectivity index (χ4n) is 1.65. The van der Waals surface area contributed by atoms with Crippen LogP contribution in [0.15, 0.2) is 27.6 Å². The summed E-state index contributed by atoms with van der Waals surface area (Å²) in [5, 5.41) is 3.53. The van der Waals surface area contributed by atoms with Gasteiger partial charge < -0.3 is 5.32 Å². The summed E-state index contributed by atoms with van der Waals surface area (Å²) in [6.45, 7) is 0.736. The lowest BCUT2D eigenvalue weighted by Gasteiger charge is -2.21. The highest BCUT2D eigenvalue weighted by Crippen LogP contribution is 2.24. The molecule has 0 bridgehead atoms. The Morgan fingerprint density at radius 2 is 2.33 bits per heavy atom. The number of thiol groups is 1. The van der Waals surface area contributed by atoms with Gasteiger partial charge in [-0.15, -0.1) is 12.6 Å². The topological polar surface area (TPSA) is 29.1 Å². The second kappa shape index (κ2) is 7.12. The maximum atomic E-state index is 12.0. The number of carbonyl (C=O) groups excluding carboxylic acids is 1. The Bertz CT molecular complexity index is 435. The zero-order valence-electron chi connectivity index (χ0n) is 9.69. The first kappa shape index (κ1) is 14.6. The molecule has 2 rings (SSSR count). The summed E-state index contributed by atoms with van der Waals surface area (Å²) in [7, 11) is 0. The van der Waals surface area contributed by atoms with Gasteiger partial charge >= 0.3 is 0 Å². The van der Waals surface area contributed by atoms with E-state index < -0.39 is 0 Å². The SMILES string of the molecule is O=C(NCC1CSCCS1)c1ccc(Br)cc1S. The molecule has 0 aliphatic carbocycles. The Labute approximate surface area is 130 Å². The van der Waals surface area contributed by atoms with Gasteiger partial charge in [0.05, 0.1) is 5.56 Å². The summed E-state index contributed by atoms with van der Waals surface area (Å²) >= 11 is 11.6. The van der Waals surface area contributed by atoms with Crippen LogP contribution in [0, 0.1) is 0 Å². The van der Waals surface area contributed by atoms with Crippen molar-refractivity contribution in [1.82, 2.24) is 5.32 Å². The Balaban J connectivity index is 1.90. The molecule has 0 aromatic heterocycles. The second-order valence-electron chi connectivity index (χ2n) is 3.94. The number of hydrogen-bond donors (Lipinski definition) is 2. The molecule has 1 N–H and O–H groups in total. The van der Waals surface area contributed by atoms with E-state index in [9.17, 15) is 4.79 Å². The van der Waals surface area contributed by atoms with Crippen molar-refractivity contribution in [2.75, 3.05) is 23.8 Å². The third-order valence-corrected chi connectivity index (χ3v) is 6.29. The molecule has 1 aromatic carbocycles. The number of carbonyl (C=O) groups is 1. The van der Waals surface area contributed by atoms with E-state index >= 15 is 0 Å². The molecule has 0 spiro atoms. The molecule has 18 heavy (non-hydrogen) atoms. The number of halogens is 1. The standard InChI is InChI=1S/C12H14BrNOS3/c13-8-1-2-10(11(16)5-8)12(15)14-6-9-7-17-3-4-18-9/h1-2,5,9,16H,3-4,6-7H2,(H,14,15). The predicted molar refractivity (Wildman–Crippen MR) is 87.3 cm³/mol. The number of benzene rings is 1. The monoisotopic (exact) mass is 363 g/mol. The van der Waals surface area contributed by atoms with Gasteiger partial charge in [-0.2, -0.15) is 23.5 Å². The molecule has 1 saturated heterocycles. The summed E-state index contributed by atoms with van der Waals surface area (Å²) in [4.78, 5) is 12.7. The van der Waals surface area contributed by atoms with Gasteiger partial charge in [-0.25, -0.2) is 0 Å². The molecule has 1 unspecified atom stereocenters. The molecule has 1 atom stereocenters. The lowest BCUT2D eigenvalue weighted by Crippen LogP contribution is -2.33. The van der Waals surface area contributed by atoms with E-state index in [0.717, 1.165) is 16.8 Å². The molecule has 1 aromatic rings. The van der Waals surface area contributed by atoms with E-state index in [2.05, 4.69) is 33.9 Å². The van der Waals surface area contributed by atoms with Crippen LogP contribution in [0.1, 0.15) is 10.4 Å². The van der Waals surface area contributed by atoms with Crippen molar-refractivity contribution in [1.29, 1.82) is 0 Å². The van der Waals surface area contributed by atoms with Crippen LogP contribution in [0.4, 0.5) is 0 Å². The molecular weight excluding hydrogens is 350 g/mol. The summed E-state index contributed by atoms with van der Waals surface area (Å²) in [5.41, 5.74) is 0.634. The van der Waals surface area contributed by atoms with Crippen molar-refractivity contribution >= 4 is 58.0 Å². The average Bonchev–Trinajstić information content (AvgIpc) is 2.37. The Morgan fingerprint density at radius 1 is 1.50 bits per heavy atom. The van der Waals surface area contributed by atoms with Crippen LogP contribution in [-0.4, -0.2) is 35.0 Å². The smallest absolute Gasteiger partial charge is 0.252 e. The molecular formula is C12H14BrNOS3. The van der Waals surface area contributed by atoms with Gasteiger partial charge in [0.2, 0.25) is 0 Å². The van der Waals surface area contributed by atoms with Gasteiger partial charge in [0.25, 0.3) is 5.91 Å². The lowest BCUT2D eigenvalue weighted by atomic mass is 10.2. The largest absolute Gasteiger partial charge is 0.351 e. The van der Waals surface area contributed by atoms with Gasteiger partial charge in [-0.05, 0) is 18.2 Å². The van der Waals surface area contributed by atoms with Crippen LogP contribution >= 0.6 is 52.1 Å². The Hall–Kier alpha value is 0.220. The molecule has 0 radical (unpaired) electrons. The van der Waals surface area contributed by atoms with Crippen LogP contribution in [0.3, 0.4) is 0 Å². The first-order valence-electron chi connectivity index (χ1n) is 5.63. The zero-order chi connectivity index (χ0) is 13.0. The second-order valence-corrected chi connectivity index (χ2v) is 7.89. The number of hydrogen-bond acceptors (Lipinski definition) is 4. The maximum absolute atomic E-state index is 12.0. The molecule has 2 nitrogen and oxygen atoms in total. The van der Waals surface area contributed by atoms with Gasteiger partial charge in [0, 0.05) is 38.4 Å². The average molecular weight is 364 g/mol. The lowest BCUT2D eigenvalue weighted by molar-refractivity contribution is 0.0951.